The number of hydrogen-bond donors (Lipinski definition) is 2. The van der Waals surface area contributed by atoms with Crippen LogP contribution in [0.4, 0.5) is 11.4 Å². The van der Waals surface area contributed by atoms with E-state index in [0.717, 1.165) is 5.69 Å². The number of likely N-dealkylation sites (N-methyl/N-ethyl adjacent to an activating group) is 1. The Bertz CT molecular complexity index is 397. The minimum atomic E-state index is -0.741. The van der Waals surface area contributed by atoms with Crippen LogP contribution >= 0.6 is 0 Å². The molecule has 0 aliphatic heterocycles. The van der Waals surface area contributed by atoms with E-state index in [9.17, 15) is 5.11 Å². The van der Waals surface area contributed by atoms with Crippen LogP contribution in [-0.2, 0) is 0 Å². The van der Waals surface area contributed by atoms with Gasteiger partial charge >= 0.3 is 0 Å². The van der Waals surface area contributed by atoms with Crippen LogP contribution in [0.15, 0.2) is 18.2 Å². The lowest BCUT2D eigenvalue weighted by molar-refractivity contribution is 0.0886. The van der Waals surface area contributed by atoms with Gasteiger partial charge in [-0.1, -0.05) is 0 Å². The highest BCUT2D eigenvalue weighted by Gasteiger charge is 2.16. The van der Waals surface area contributed by atoms with Crippen molar-refractivity contribution in [2.75, 3.05) is 24.2 Å². The first kappa shape index (κ1) is 14.6. The third-order valence-corrected chi connectivity index (χ3v) is 2.42. The molecule has 0 heterocycles. The zero-order valence-electron chi connectivity index (χ0n) is 11.9. The summed E-state index contributed by atoms with van der Waals surface area (Å²) in [6.07, 6.45) is 0.0853. The molecule has 3 N–H and O–H groups in total. The smallest absolute Gasteiger partial charge is 0.144 e. The van der Waals surface area contributed by atoms with E-state index in [1.807, 2.05) is 44.0 Å². The number of anilines is 2. The van der Waals surface area contributed by atoms with Crippen molar-refractivity contribution in [2.45, 2.75) is 39.4 Å². The van der Waals surface area contributed by atoms with Gasteiger partial charge in [-0.05, 0) is 39.8 Å². The third-order valence-electron chi connectivity index (χ3n) is 2.42. The van der Waals surface area contributed by atoms with E-state index in [0.29, 0.717) is 18.0 Å². The van der Waals surface area contributed by atoms with Gasteiger partial charge in [0.2, 0.25) is 0 Å². The summed E-state index contributed by atoms with van der Waals surface area (Å²) in [4.78, 5) is 1.98. The fraction of sp³-hybridized carbons (Fsp3) is 0.571. The Labute approximate surface area is 109 Å². The van der Waals surface area contributed by atoms with Gasteiger partial charge in [-0.25, -0.2) is 0 Å². The summed E-state index contributed by atoms with van der Waals surface area (Å²) in [5.41, 5.74) is 6.73. The van der Waals surface area contributed by atoms with Crippen LogP contribution in [0.25, 0.3) is 0 Å². The zero-order valence-corrected chi connectivity index (χ0v) is 11.9. The van der Waals surface area contributed by atoms with Gasteiger partial charge in [-0.2, -0.15) is 0 Å². The Balaban J connectivity index is 2.90. The molecule has 1 rings (SSSR count). The molecule has 0 aliphatic carbocycles. The molecular weight excluding hydrogens is 228 g/mol. The van der Waals surface area contributed by atoms with Crippen LogP contribution < -0.4 is 15.4 Å². The molecular formula is C14H24N2O2. The Morgan fingerprint density at radius 1 is 1.39 bits per heavy atom. The minimum Gasteiger partial charge on any atom is -0.489 e. The van der Waals surface area contributed by atoms with Gasteiger partial charge in [0.1, 0.15) is 5.75 Å². The number of benzene rings is 1. The molecule has 0 spiro atoms. The van der Waals surface area contributed by atoms with Gasteiger partial charge in [0.25, 0.3) is 0 Å². The molecule has 18 heavy (non-hydrogen) atoms. The molecule has 1 aromatic carbocycles. The first-order valence-corrected chi connectivity index (χ1v) is 6.19. The van der Waals surface area contributed by atoms with E-state index in [1.165, 1.54) is 0 Å². The lowest BCUT2D eigenvalue weighted by Crippen LogP contribution is -2.36. The lowest BCUT2D eigenvalue weighted by Gasteiger charge is -2.27. The van der Waals surface area contributed by atoms with E-state index in [-0.39, 0.29) is 6.10 Å². The van der Waals surface area contributed by atoms with Crippen molar-refractivity contribution < 1.29 is 9.84 Å². The van der Waals surface area contributed by atoms with Gasteiger partial charge in [0, 0.05) is 25.3 Å². The van der Waals surface area contributed by atoms with Crippen molar-refractivity contribution in [2.24, 2.45) is 0 Å². The Morgan fingerprint density at radius 2 is 2.00 bits per heavy atom. The number of rotatable bonds is 5. The largest absolute Gasteiger partial charge is 0.489 e. The average molecular weight is 252 g/mol. The Morgan fingerprint density at radius 3 is 2.50 bits per heavy atom. The highest BCUT2D eigenvalue weighted by molar-refractivity contribution is 5.62. The molecule has 0 fully saturated rings. The average Bonchev–Trinajstić information content (AvgIpc) is 2.17. The van der Waals surface area contributed by atoms with Crippen molar-refractivity contribution in [3.63, 3.8) is 0 Å². The summed E-state index contributed by atoms with van der Waals surface area (Å²) in [6, 6.07) is 5.66. The second-order valence-electron chi connectivity index (χ2n) is 5.56. The summed E-state index contributed by atoms with van der Waals surface area (Å²) in [7, 11) is 1.93. The standard InChI is InChI=1S/C14H24N2O2/c1-10(2)18-13-8-11(6-7-12(13)15)16(5)9-14(3,4)17/h6-8,10,17H,9,15H2,1-5H3. The Kier molecular flexibility index (Phi) is 4.46. The number of nitrogen functional groups attached to an aromatic ring is 1. The topological polar surface area (TPSA) is 58.7 Å². The van der Waals surface area contributed by atoms with Gasteiger partial charge in [-0.3, -0.25) is 0 Å². The molecule has 4 nitrogen and oxygen atoms in total. The van der Waals surface area contributed by atoms with Crippen LogP contribution in [0.2, 0.25) is 0 Å². The van der Waals surface area contributed by atoms with Crippen molar-refractivity contribution in [1.29, 1.82) is 0 Å². The molecule has 0 unspecified atom stereocenters. The molecule has 4 heteroatoms. The molecule has 0 aliphatic rings. The van der Waals surface area contributed by atoms with Crippen molar-refractivity contribution in [3.05, 3.63) is 18.2 Å². The summed E-state index contributed by atoms with van der Waals surface area (Å²) in [6.45, 7) is 8.04. The first-order chi connectivity index (χ1) is 8.19. The van der Waals surface area contributed by atoms with Crippen LogP contribution in [0.3, 0.4) is 0 Å². The van der Waals surface area contributed by atoms with Crippen molar-refractivity contribution in [3.8, 4) is 5.75 Å². The van der Waals surface area contributed by atoms with Crippen LogP contribution in [0.5, 0.6) is 5.75 Å². The fourth-order valence-electron chi connectivity index (χ4n) is 1.79. The van der Waals surface area contributed by atoms with Crippen LogP contribution in [0, 0.1) is 0 Å². The van der Waals surface area contributed by atoms with Crippen molar-refractivity contribution >= 4 is 11.4 Å². The number of nitrogens with zero attached hydrogens (tertiary/aromatic N) is 1. The number of aliphatic hydroxyl groups is 1. The van der Waals surface area contributed by atoms with Crippen LogP contribution in [0.1, 0.15) is 27.7 Å². The summed E-state index contributed by atoms with van der Waals surface area (Å²) in [5, 5.41) is 9.82. The highest BCUT2D eigenvalue weighted by Crippen LogP contribution is 2.28. The quantitative estimate of drug-likeness (QED) is 0.789. The number of ether oxygens (including phenoxy) is 1. The zero-order chi connectivity index (χ0) is 13.9. The SMILES string of the molecule is CC(C)Oc1cc(N(C)CC(C)(C)O)ccc1N. The number of nitrogens with two attached hydrogens (primary N) is 1. The second-order valence-corrected chi connectivity index (χ2v) is 5.56. The predicted octanol–water partition coefficient (Wildman–Crippen LogP) is 2.26. The van der Waals surface area contributed by atoms with Gasteiger partial charge in [-0.15, -0.1) is 0 Å². The summed E-state index contributed by atoms with van der Waals surface area (Å²) in [5.74, 6) is 0.685. The molecule has 0 radical (unpaired) electrons. The molecule has 102 valence electrons. The van der Waals surface area contributed by atoms with E-state index in [1.54, 1.807) is 13.8 Å². The molecule has 0 saturated carbocycles. The van der Waals surface area contributed by atoms with Gasteiger partial charge in [0.15, 0.2) is 0 Å². The molecule has 0 aromatic heterocycles. The molecule has 0 bridgehead atoms. The lowest BCUT2D eigenvalue weighted by atomic mass is 10.1. The fourth-order valence-corrected chi connectivity index (χ4v) is 1.79. The molecule has 0 saturated heterocycles. The monoisotopic (exact) mass is 252 g/mol. The molecule has 0 atom stereocenters. The van der Waals surface area contributed by atoms with E-state index in [2.05, 4.69) is 0 Å². The summed E-state index contributed by atoms with van der Waals surface area (Å²) >= 11 is 0. The Hall–Kier alpha value is -1.42. The van der Waals surface area contributed by atoms with Crippen molar-refractivity contribution in [1.82, 2.24) is 0 Å². The minimum absolute atomic E-state index is 0.0853. The maximum atomic E-state index is 9.82. The normalized spacial score (nSPS) is 11.7. The number of hydrogen-bond acceptors (Lipinski definition) is 4. The summed E-state index contributed by atoms with van der Waals surface area (Å²) < 4.78 is 5.65. The second kappa shape index (κ2) is 5.48. The maximum Gasteiger partial charge on any atom is 0.144 e. The van der Waals surface area contributed by atoms with Gasteiger partial charge < -0.3 is 20.5 Å². The highest BCUT2D eigenvalue weighted by atomic mass is 16.5. The van der Waals surface area contributed by atoms with E-state index in [4.69, 9.17) is 10.5 Å². The maximum absolute atomic E-state index is 9.82. The predicted molar refractivity (Wildman–Crippen MR) is 76.2 cm³/mol. The third kappa shape index (κ3) is 4.45. The van der Waals surface area contributed by atoms with E-state index >= 15 is 0 Å². The molecule has 0 amide bonds. The van der Waals surface area contributed by atoms with Crippen LogP contribution in [-0.4, -0.2) is 30.4 Å². The van der Waals surface area contributed by atoms with Gasteiger partial charge in [0.05, 0.1) is 17.4 Å². The molecule has 1 aromatic rings. The van der Waals surface area contributed by atoms with E-state index < -0.39 is 5.60 Å². The first-order valence-electron chi connectivity index (χ1n) is 6.19.